The molecule has 1 N–H and O–H groups in total. The summed E-state index contributed by atoms with van der Waals surface area (Å²) in [7, 11) is 3.90. The number of likely N-dealkylation sites (tertiary alicyclic amines) is 1. The van der Waals surface area contributed by atoms with Crippen LogP contribution in [0.2, 0.25) is 0 Å². The molecule has 3 aromatic rings. The second-order valence-electron chi connectivity index (χ2n) is 8.77. The van der Waals surface area contributed by atoms with Gasteiger partial charge in [-0.3, -0.25) is 9.59 Å². The van der Waals surface area contributed by atoms with Gasteiger partial charge in [0.15, 0.2) is 0 Å². The average molecular weight is 471 g/mol. The molecule has 1 heterocycles. The summed E-state index contributed by atoms with van der Waals surface area (Å²) in [6.45, 7) is 2.88. The summed E-state index contributed by atoms with van der Waals surface area (Å²) >= 11 is 0. The lowest BCUT2D eigenvalue weighted by molar-refractivity contribution is -0.140. The first kappa shape index (κ1) is 24.1. The molecule has 1 amide bonds. The average Bonchev–Trinajstić information content (AvgIpc) is 3.13. The summed E-state index contributed by atoms with van der Waals surface area (Å²) in [5.41, 5.74) is 3.21. The van der Waals surface area contributed by atoms with Gasteiger partial charge in [0.25, 0.3) is 11.7 Å². The Morgan fingerprint density at radius 3 is 2.20 bits per heavy atom. The first-order valence-corrected chi connectivity index (χ1v) is 11.7. The van der Waals surface area contributed by atoms with Gasteiger partial charge in [-0.05, 0) is 53.9 Å². The monoisotopic (exact) mass is 470 g/mol. The third-order valence-corrected chi connectivity index (χ3v) is 6.06. The molecule has 0 bridgehead atoms. The van der Waals surface area contributed by atoms with Crippen molar-refractivity contribution in [1.82, 2.24) is 4.90 Å². The van der Waals surface area contributed by atoms with Gasteiger partial charge in [0.2, 0.25) is 0 Å². The fraction of sp³-hybridized carbons (Fsp3) is 0.241. The van der Waals surface area contributed by atoms with Crippen molar-refractivity contribution in [3.05, 3.63) is 101 Å². The van der Waals surface area contributed by atoms with E-state index in [0.29, 0.717) is 17.9 Å². The molecule has 1 aliphatic rings. The minimum absolute atomic E-state index is 0.0887. The van der Waals surface area contributed by atoms with Crippen molar-refractivity contribution >= 4 is 23.1 Å². The Morgan fingerprint density at radius 2 is 1.60 bits per heavy atom. The lowest BCUT2D eigenvalue weighted by Gasteiger charge is -2.26. The highest BCUT2D eigenvalue weighted by Gasteiger charge is 2.46. The second-order valence-corrected chi connectivity index (χ2v) is 8.77. The van der Waals surface area contributed by atoms with E-state index in [1.165, 1.54) is 4.90 Å². The van der Waals surface area contributed by atoms with Crippen LogP contribution in [0.4, 0.5) is 5.69 Å². The van der Waals surface area contributed by atoms with E-state index in [1.807, 2.05) is 80.5 Å². The molecule has 35 heavy (non-hydrogen) atoms. The van der Waals surface area contributed by atoms with E-state index >= 15 is 0 Å². The molecule has 1 aliphatic heterocycles. The summed E-state index contributed by atoms with van der Waals surface area (Å²) in [5, 5.41) is 11.3. The van der Waals surface area contributed by atoms with Crippen LogP contribution >= 0.6 is 0 Å². The number of ether oxygens (including phenoxy) is 1. The number of amides is 1. The minimum Gasteiger partial charge on any atom is -0.507 e. The lowest BCUT2D eigenvalue weighted by atomic mass is 9.95. The van der Waals surface area contributed by atoms with Gasteiger partial charge in [-0.2, -0.15) is 0 Å². The number of aliphatic hydroxyl groups excluding tert-OH is 1. The van der Waals surface area contributed by atoms with Gasteiger partial charge in [0, 0.05) is 31.9 Å². The van der Waals surface area contributed by atoms with E-state index in [1.54, 1.807) is 24.3 Å². The molecule has 6 nitrogen and oxygen atoms in total. The van der Waals surface area contributed by atoms with Crippen molar-refractivity contribution in [2.75, 3.05) is 25.6 Å². The van der Waals surface area contributed by atoms with Crippen molar-refractivity contribution in [2.45, 2.75) is 25.9 Å². The maximum absolute atomic E-state index is 13.2. The Kier molecular flexibility index (Phi) is 7.20. The molecule has 4 rings (SSSR count). The second kappa shape index (κ2) is 10.5. The van der Waals surface area contributed by atoms with E-state index in [0.717, 1.165) is 23.2 Å². The van der Waals surface area contributed by atoms with Gasteiger partial charge in [0.1, 0.15) is 11.5 Å². The molecule has 6 heteroatoms. The molecule has 180 valence electrons. The maximum atomic E-state index is 13.2. The van der Waals surface area contributed by atoms with E-state index in [9.17, 15) is 14.7 Å². The summed E-state index contributed by atoms with van der Waals surface area (Å²) in [5.74, 6) is -0.821. The third-order valence-electron chi connectivity index (χ3n) is 6.06. The molecule has 0 aliphatic carbocycles. The first-order chi connectivity index (χ1) is 16.9. The minimum atomic E-state index is -0.706. The molecule has 3 aromatic carbocycles. The van der Waals surface area contributed by atoms with Crippen molar-refractivity contribution in [1.29, 1.82) is 0 Å². The highest BCUT2D eigenvalue weighted by atomic mass is 16.5. The van der Waals surface area contributed by atoms with Crippen LogP contribution in [0, 0.1) is 0 Å². The number of aliphatic hydroxyl groups is 1. The molecule has 0 aromatic heterocycles. The van der Waals surface area contributed by atoms with Crippen LogP contribution in [0.1, 0.15) is 36.1 Å². The highest BCUT2D eigenvalue weighted by molar-refractivity contribution is 6.46. The Morgan fingerprint density at radius 1 is 0.943 bits per heavy atom. The van der Waals surface area contributed by atoms with Crippen LogP contribution in [0.3, 0.4) is 0 Å². The quantitative estimate of drug-likeness (QED) is 0.280. The molecule has 1 atom stereocenters. The fourth-order valence-electron chi connectivity index (χ4n) is 4.21. The maximum Gasteiger partial charge on any atom is 0.295 e. The van der Waals surface area contributed by atoms with Gasteiger partial charge >= 0.3 is 0 Å². The zero-order valence-corrected chi connectivity index (χ0v) is 20.3. The number of nitrogens with zero attached hydrogens (tertiary/aromatic N) is 2. The van der Waals surface area contributed by atoms with E-state index in [2.05, 4.69) is 0 Å². The zero-order valence-electron chi connectivity index (χ0n) is 20.3. The van der Waals surface area contributed by atoms with Crippen LogP contribution in [-0.2, 0) is 16.1 Å². The molecule has 1 unspecified atom stereocenters. The van der Waals surface area contributed by atoms with Crippen LogP contribution in [-0.4, -0.2) is 42.4 Å². The lowest BCUT2D eigenvalue weighted by Crippen LogP contribution is -2.29. The van der Waals surface area contributed by atoms with Crippen LogP contribution in [0.15, 0.2) is 84.4 Å². The number of Topliss-reactive ketones (excluding diaryl/α,β-unsaturated/α-hetero) is 1. The standard InChI is InChI=1S/C29H30N2O4/c1-4-18-35-24-16-12-22(13-17-24)27(32)25-26(21-10-14-23(15-11-21)30(2)3)31(29(34)28(25)33)19-20-8-6-5-7-9-20/h5-17,26,32H,4,18-19H2,1-3H3. The van der Waals surface area contributed by atoms with Crippen molar-refractivity contribution in [3.8, 4) is 5.75 Å². The van der Waals surface area contributed by atoms with Crippen LogP contribution in [0.5, 0.6) is 5.75 Å². The predicted octanol–water partition coefficient (Wildman–Crippen LogP) is 5.16. The predicted molar refractivity (Wildman–Crippen MR) is 137 cm³/mol. The molecular formula is C29H30N2O4. The summed E-state index contributed by atoms with van der Waals surface area (Å²) in [6.07, 6.45) is 0.888. The topological polar surface area (TPSA) is 70.1 Å². The molecule has 1 fully saturated rings. The van der Waals surface area contributed by atoms with Crippen molar-refractivity contribution in [3.63, 3.8) is 0 Å². The molecule has 0 radical (unpaired) electrons. The third kappa shape index (κ3) is 5.06. The molecule has 0 spiro atoms. The number of hydrogen-bond acceptors (Lipinski definition) is 5. The van der Waals surface area contributed by atoms with Gasteiger partial charge in [-0.1, -0.05) is 49.4 Å². The summed E-state index contributed by atoms with van der Waals surface area (Å²) < 4.78 is 5.63. The summed E-state index contributed by atoms with van der Waals surface area (Å²) in [4.78, 5) is 29.9. The SMILES string of the molecule is CCCOc1ccc(C(O)=C2C(=O)C(=O)N(Cc3ccccc3)C2c2ccc(N(C)C)cc2)cc1. The Labute approximate surface area is 206 Å². The number of benzene rings is 3. The number of ketones is 1. The van der Waals surface area contributed by atoms with Crippen LogP contribution in [0.25, 0.3) is 5.76 Å². The van der Waals surface area contributed by atoms with Gasteiger partial charge in [0.05, 0.1) is 18.2 Å². The van der Waals surface area contributed by atoms with E-state index in [-0.39, 0.29) is 17.9 Å². The van der Waals surface area contributed by atoms with Crippen molar-refractivity contribution < 1.29 is 19.4 Å². The highest BCUT2D eigenvalue weighted by Crippen LogP contribution is 2.40. The Balaban J connectivity index is 1.78. The van der Waals surface area contributed by atoms with E-state index in [4.69, 9.17) is 4.74 Å². The van der Waals surface area contributed by atoms with Crippen molar-refractivity contribution in [2.24, 2.45) is 0 Å². The number of anilines is 1. The largest absolute Gasteiger partial charge is 0.507 e. The molecular weight excluding hydrogens is 440 g/mol. The summed E-state index contributed by atoms with van der Waals surface area (Å²) in [6, 6.07) is 23.4. The Hall–Kier alpha value is -4.06. The smallest absolute Gasteiger partial charge is 0.295 e. The van der Waals surface area contributed by atoms with Gasteiger partial charge < -0.3 is 19.6 Å². The molecule has 1 saturated heterocycles. The number of carbonyl (C=O) groups is 2. The normalized spacial score (nSPS) is 17.0. The molecule has 0 saturated carbocycles. The zero-order chi connectivity index (χ0) is 24.9. The van der Waals surface area contributed by atoms with Gasteiger partial charge in [-0.25, -0.2) is 0 Å². The number of carbonyl (C=O) groups excluding carboxylic acids is 2. The number of rotatable bonds is 8. The number of hydrogen-bond donors (Lipinski definition) is 1. The first-order valence-electron chi connectivity index (χ1n) is 11.7. The fourth-order valence-corrected chi connectivity index (χ4v) is 4.21. The van der Waals surface area contributed by atoms with Gasteiger partial charge in [-0.15, -0.1) is 0 Å². The van der Waals surface area contributed by atoms with E-state index < -0.39 is 17.7 Å². The Bertz CT molecular complexity index is 1220. The van der Waals surface area contributed by atoms with Crippen LogP contribution < -0.4 is 9.64 Å².